The van der Waals surface area contributed by atoms with Gasteiger partial charge < -0.3 is 40.9 Å². The second kappa shape index (κ2) is 22.5. The summed E-state index contributed by atoms with van der Waals surface area (Å²) in [6, 6.07) is 33.4. The number of rotatable bonds is 25. The first-order valence-electron chi connectivity index (χ1n) is 23.1. The number of hydrogen-bond donors (Lipinski definition) is 7. The number of nitrogens with one attached hydrogen (secondary N) is 7. The average Bonchev–Trinajstić information content (AvgIpc) is 4.13. The van der Waals surface area contributed by atoms with E-state index >= 15 is 0 Å². The number of likely N-dealkylation sites (N-methyl/N-ethyl adjacent to an activating group) is 1. The van der Waals surface area contributed by atoms with Gasteiger partial charge in [0.2, 0.25) is 0 Å². The Morgan fingerprint density at radius 2 is 1.34 bits per heavy atom. The fraction of sp³-hybridized carbons (Fsp3) is 0.346. The minimum absolute atomic E-state index is 0.00514. The van der Waals surface area contributed by atoms with E-state index in [4.69, 9.17) is 4.74 Å². The van der Waals surface area contributed by atoms with E-state index in [0.717, 1.165) is 107 Å². The minimum Gasteiger partial charge on any atom is -0.384 e. The van der Waals surface area contributed by atoms with Crippen LogP contribution in [0.15, 0.2) is 109 Å². The largest absolute Gasteiger partial charge is 0.384 e. The topological polar surface area (TPSA) is 136 Å². The van der Waals surface area contributed by atoms with E-state index in [9.17, 15) is 9.59 Å². The van der Waals surface area contributed by atoms with E-state index in [1.165, 1.54) is 38.8 Å². The second-order valence-corrected chi connectivity index (χ2v) is 18.9. The zero-order chi connectivity index (χ0) is 45.0. The Morgan fingerprint density at radius 3 is 2.02 bits per heavy atom. The number of para-hydroxylation sites is 2. The highest BCUT2D eigenvalue weighted by Crippen LogP contribution is 2.31. The summed E-state index contributed by atoms with van der Waals surface area (Å²) in [7, 11) is 1.95. The summed E-state index contributed by atoms with van der Waals surface area (Å²) >= 11 is 3.08. The van der Waals surface area contributed by atoms with Gasteiger partial charge in [-0.05, 0) is 110 Å². The van der Waals surface area contributed by atoms with E-state index in [0.29, 0.717) is 24.8 Å². The smallest absolute Gasteiger partial charge is 0.261 e. The molecule has 0 aliphatic carbocycles. The summed E-state index contributed by atoms with van der Waals surface area (Å²) in [4.78, 5) is 32.2. The van der Waals surface area contributed by atoms with Gasteiger partial charge in [-0.2, -0.15) is 0 Å². The van der Waals surface area contributed by atoms with Gasteiger partial charge in [-0.3, -0.25) is 14.9 Å². The third kappa shape index (κ3) is 11.8. The van der Waals surface area contributed by atoms with Crippen molar-refractivity contribution in [1.82, 2.24) is 30.8 Å². The lowest BCUT2D eigenvalue weighted by Crippen LogP contribution is -2.37. The van der Waals surface area contributed by atoms with Crippen molar-refractivity contribution in [2.45, 2.75) is 71.1 Å². The van der Waals surface area contributed by atoms with Crippen molar-refractivity contribution in [2.24, 2.45) is 0 Å². The lowest BCUT2D eigenvalue weighted by molar-refractivity contribution is 0.0915. The maximum Gasteiger partial charge on any atom is 0.261 e. The fourth-order valence-corrected chi connectivity index (χ4v) is 10.6. The molecular formula is C52H62N8O3S2. The summed E-state index contributed by atoms with van der Waals surface area (Å²) in [6.45, 7) is 9.33. The molecule has 0 aliphatic rings. The van der Waals surface area contributed by atoms with Gasteiger partial charge in [-0.25, -0.2) is 0 Å². The first-order valence-corrected chi connectivity index (χ1v) is 24.7. The number of aromatic nitrogens is 2. The molecule has 0 saturated carbocycles. The first kappa shape index (κ1) is 45.9. The maximum absolute atomic E-state index is 13.7. The Hall–Kier alpha value is -5.70. The number of unbranched alkanes of at least 4 members (excludes halogenated alkanes) is 1. The van der Waals surface area contributed by atoms with Crippen LogP contribution in [0.25, 0.3) is 42.0 Å². The number of fused-ring (bicyclic) bond motifs is 4. The molecule has 4 aromatic carbocycles. The third-order valence-corrected chi connectivity index (χ3v) is 14.2. The highest BCUT2D eigenvalue weighted by Gasteiger charge is 2.21. The van der Waals surface area contributed by atoms with Gasteiger partial charge in [0.25, 0.3) is 11.8 Å². The molecule has 65 heavy (non-hydrogen) atoms. The predicted octanol–water partition coefficient (Wildman–Crippen LogP) is 10.1. The summed E-state index contributed by atoms with van der Waals surface area (Å²) in [5.74, 6) is -0.0576. The molecule has 0 aliphatic heterocycles. The molecule has 4 aromatic heterocycles. The van der Waals surface area contributed by atoms with Crippen LogP contribution in [0.5, 0.6) is 0 Å². The van der Waals surface area contributed by atoms with Crippen molar-refractivity contribution in [3.8, 4) is 0 Å². The summed E-state index contributed by atoms with van der Waals surface area (Å²) in [6.07, 6.45) is 9.56. The molecule has 2 amide bonds. The van der Waals surface area contributed by atoms with Crippen molar-refractivity contribution in [2.75, 3.05) is 57.1 Å². The van der Waals surface area contributed by atoms with Crippen LogP contribution < -0.4 is 31.9 Å². The van der Waals surface area contributed by atoms with Crippen LogP contribution in [-0.4, -0.2) is 79.9 Å². The van der Waals surface area contributed by atoms with Crippen LogP contribution >= 0.6 is 22.7 Å². The van der Waals surface area contributed by atoms with Gasteiger partial charge in [0.15, 0.2) is 0 Å². The quantitative estimate of drug-likeness (QED) is 0.0284. The van der Waals surface area contributed by atoms with E-state index < -0.39 is 0 Å². The Balaban J connectivity index is 0.851. The molecule has 4 heterocycles. The predicted molar refractivity (Wildman–Crippen MR) is 273 cm³/mol. The van der Waals surface area contributed by atoms with Crippen LogP contribution in [0.2, 0.25) is 0 Å². The molecule has 8 rings (SSSR count). The van der Waals surface area contributed by atoms with Crippen LogP contribution in [0.3, 0.4) is 0 Å². The minimum atomic E-state index is -0.0567. The van der Waals surface area contributed by atoms with Crippen molar-refractivity contribution >= 4 is 87.8 Å². The molecule has 340 valence electrons. The molecule has 0 spiro atoms. The van der Waals surface area contributed by atoms with Gasteiger partial charge in [0.1, 0.15) is 0 Å². The van der Waals surface area contributed by atoms with Gasteiger partial charge >= 0.3 is 0 Å². The number of nitrogens with zero attached hydrogens (tertiary/aromatic N) is 1. The Kier molecular flexibility index (Phi) is 15.8. The normalized spacial score (nSPS) is 12.6. The van der Waals surface area contributed by atoms with Gasteiger partial charge in [0.05, 0.1) is 16.4 Å². The first-order chi connectivity index (χ1) is 31.9. The summed E-state index contributed by atoms with van der Waals surface area (Å²) in [5, 5.41) is 25.1. The summed E-state index contributed by atoms with van der Waals surface area (Å²) < 4.78 is 10.1. The molecule has 11 nitrogen and oxygen atoms in total. The van der Waals surface area contributed by atoms with E-state index in [-0.39, 0.29) is 23.9 Å². The zero-order valence-electron chi connectivity index (χ0n) is 37.7. The number of H-pyrrole nitrogens is 1. The number of carbonyl (C=O) groups excluding carboxylic acids is 2. The lowest BCUT2D eigenvalue weighted by atomic mass is 10.0. The molecule has 2 atom stereocenters. The van der Waals surface area contributed by atoms with Gasteiger partial charge in [-0.1, -0.05) is 68.3 Å². The molecule has 0 saturated heterocycles. The molecule has 8 aromatic rings. The number of ether oxygens (including phenoxy) is 1. The van der Waals surface area contributed by atoms with E-state index in [2.05, 4.69) is 140 Å². The highest BCUT2D eigenvalue weighted by molar-refractivity contribution is 7.21. The Bertz CT molecular complexity index is 2820. The van der Waals surface area contributed by atoms with Gasteiger partial charge in [0, 0.05) is 106 Å². The third-order valence-electron chi connectivity index (χ3n) is 12.0. The molecule has 13 heteroatoms. The SMILES string of the molecule is CCCC[C@@H](Cc1cn(CNCCNc2ccc3cc(C(=O)NC(CCOCC)Cc4c[nH]c5ccccc45)sc3c2)c2ccccc12)NC(=O)c1cc2ccc(NCCNC)cc2s1. The standard InChI is InChI=1S/C52H62N8O3S2/c1-4-6-11-41(58-51(61)49-28-35-16-18-39(30-47(35)64-49)55-23-21-53-3)27-38-33-60(46-15-10-8-13-44(38)46)34-54-22-24-56-40-19-17-36-29-50(65-48(36)31-40)52(62)59-42(20-25-63-5-2)26-37-32-57-45-14-9-7-12-43(37)45/h7-10,12-19,28-33,41-42,53-57H,4-6,11,20-27,34H2,1-3H3,(H,58,61)(H,59,62)/t41-,42?/m0/s1. The van der Waals surface area contributed by atoms with Gasteiger partial charge in [-0.15, -0.1) is 22.7 Å². The highest BCUT2D eigenvalue weighted by atomic mass is 32.1. The number of hydrogen-bond acceptors (Lipinski definition) is 9. The van der Waals surface area contributed by atoms with Crippen LogP contribution in [0.1, 0.15) is 70.0 Å². The monoisotopic (exact) mass is 910 g/mol. The molecule has 0 fully saturated rings. The van der Waals surface area contributed by atoms with Crippen LogP contribution in [-0.2, 0) is 24.2 Å². The molecule has 0 radical (unpaired) electrons. The number of benzene rings is 4. The fourth-order valence-electron chi connectivity index (χ4n) is 8.56. The Morgan fingerprint density at radius 1 is 0.708 bits per heavy atom. The molecule has 0 bridgehead atoms. The van der Waals surface area contributed by atoms with Crippen molar-refractivity contribution < 1.29 is 14.3 Å². The maximum atomic E-state index is 13.7. The van der Waals surface area contributed by atoms with E-state index in [1.54, 1.807) is 11.3 Å². The molecule has 7 N–H and O–H groups in total. The number of thiophene rings is 2. The summed E-state index contributed by atoms with van der Waals surface area (Å²) in [5.41, 5.74) is 6.79. The number of carbonyl (C=O) groups is 2. The lowest BCUT2D eigenvalue weighted by Gasteiger charge is -2.18. The molecule has 1 unspecified atom stereocenters. The number of anilines is 2. The van der Waals surface area contributed by atoms with Crippen molar-refractivity contribution in [1.29, 1.82) is 0 Å². The van der Waals surface area contributed by atoms with Crippen molar-refractivity contribution in [3.05, 3.63) is 130 Å². The van der Waals surface area contributed by atoms with Crippen LogP contribution in [0.4, 0.5) is 11.4 Å². The second-order valence-electron chi connectivity index (χ2n) is 16.7. The zero-order valence-corrected chi connectivity index (χ0v) is 39.4. The number of aromatic amines is 1. The van der Waals surface area contributed by atoms with Crippen LogP contribution in [0, 0.1) is 0 Å². The van der Waals surface area contributed by atoms with E-state index in [1.807, 2.05) is 32.2 Å². The average molecular weight is 911 g/mol. The molecular weight excluding hydrogens is 849 g/mol. The van der Waals surface area contributed by atoms with Crippen molar-refractivity contribution in [3.63, 3.8) is 0 Å². The Labute approximate surface area is 389 Å². The number of amides is 2.